The molecule has 15 heavy (non-hydrogen) atoms. The Morgan fingerprint density at radius 2 is 2.00 bits per heavy atom. The SMILES string of the molecule is COCCN(CC(N)CO)C(C)COC. The van der Waals surface area contributed by atoms with Gasteiger partial charge in [-0.1, -0.05) is 0 Å². The van der Waals surface area contributed by atoms with Gasteiger partial charge < -0.3 is 20.3 Å². The number of aliphatic hydroxyl groups excluding tert-OH is 1. The van der Waals surface area contributed by atoms with E-state index in [9.17, 15) is 0 Å². The van der Waals surface area contributed by atoms with Gasteiger partial charge in [0.05, 0.1) is 19.8 Å². The Kier molecular flexibility index (Phi) is 8.94. The lowest BCUT2D eigenvalue weighted by atomic mass is 10.2. The summed E-state index contributed by atoms with van der Waals surface area (Å²) in [6, 6.07) is 0.0731. The summed E-state index contributed by atoms with van der Waals surface area (Å²) in [6.07, 6.45) is 0. The molecule has 0 saturated carbocycles. The van der Waals surface area contributed by atoms with Crippen molar-refractivity contribution in [1.29, 1.82) is 0 Å². The molecule has 0 heterocycles. The number of ether oxygens (including phenoxy) is 2. The molecule has 0 bridgehead atoms. The first kappa shape index (κ1) is 14.8. The Bertz CT molecular complexity index is 147. The number of aliphatic hydroxyl groups is 1. The predicted octanol–water partition coefficient (Wildman–Crippen LogP) is -0.711. The number of methoxy groups -OCH3 is 2. The summed E-state index contributed by atoms with van der Waals surface area (Å²) in [5.41, 5.74) is 5.71. The summed E-state index contributed by atoms with van der Waals surface area (Å²) in [4.78, 5) is 2.16. The van der Waals surface area contributed by atoms with Crippen molar-refractivity contribution >= 4 is 0 Å². The lowest BCUT2D eigenvalue weighted by Gasteiger charge is -2.30. The van der Waals surface area contributed by atoms with Crippen molar-refractivity contribution in [3.05, 3.63) is 0 Å². The molecule has 0 spiro atoms. The van der Waals surface area contributed by atoms with E-state index in [1.165, 1.54) is 0 Å². The van der Waals surface area contributed by atoms with Gasteiger partial charge in [0.1, 0.15) is 0 Å². The van der Waals surface area contributed by atoms with Crippen molar-refractivity contribution < 1.29 is 14.6 Å². The molecule has 5 heteroatoms. The third-order valence-electron chi connectivity index (χ3n) is 2.32. The van der Waals surface area contributed by atoms with Gasteiger partial charge in [0.2, 0.25) is 0 Å². The fourth-order valence-corrected chi connectivity index (χ4v) is 1.41. The van der Waals surface area contributed by atoms with Gasteiger partial charge >= 0.3 is 0 Å². The van der Waals surface area contributed by atoms with Gasteiger partial charge in [-0.05, 0) is 6.92 Å². The van der Waals surface area contributed by atoms with E-state index >= 15 is 0 Å². The molecule has 0 aliphatic heterocycles. The second-order valence-corrected chi connectivity index (χ2v) is 3.73. The largest absolute Gasteiger partial charge is 0.395 e. The molecular formula is C10H24N2O3. The first-order valence-electron chi connectivity index (χ1n) is 5.24. The monoisotopic (exact) mass is 220 g/mol. The number of rotatable bonds is 9. The Morgan fingerprint density at radius 3 is 2.47 bits per heavy atom. The standard InChI is InChI=1S/C10H24N2O3/c1-9(8-15-3)12(4-5-14-2)6-10(11)7-13/h9-10,13H,4-8,11H2,1-3H3. The molecule has 0 aliphatic rings. The molecule has 0 fully saturated rings. The zero-order valence-corrected chi connectivity index (χ0v) is 9.98. The molecular weight excluding hydrogens is 196 g/mol. The highest BCUT2D eigenvalue weighted by molar-refractivity contribution is 4.72. The third kappa shape index (κ3) is 6.81. The Balaban J connectivity index is 4.03. The molecule has 0 radical (unpaired) electrons. The topological polar surface area (TPSA) is 68.0 Å². The van der Waals surface area contributed by atoms with E-state index in [2.05, 4.69) is 11.8 Å². The first-order valence-corrected chi connectivity index (χ1v) is 5.24. The van der Waals surface area contributed by atoms with Crippen LogP contribution in [0, 0.1) is 0 Å². The summed E-state index contributed by atoms with van der Waals surface area (Å²) >= 11 is 0. The number of nitrogens with zero attached hydrogens (tertiary/aromatic N) is 1. The van der Waals surface area contributed by atoms with E-state index < -0.39 is 0 Å². The molecule has 0 aromatic rings. The van der Waals surface area contributed by atoms with Gasteiger partial charge in [0, 0.05) is 39.4 Å². The quantitative estimate of drug-likeness (QED) is 0.537. The fourth-order valence-electron chi connectivity index (χ4n) is 1.41. The van der Waals surface area contributed by atoms with Crippen LogP contribution in [0.25, 0.3) is 0 Å². The maximum atomic E-state index is 8.91. The van der Waals surface area contributed by atoms with Crippen LogP contribution in [0.3, 0.4) is 0 Å². The molecule has 0 saturated heterocycles. The first-order chi connectivity index (χ1) is 7.15. The minimum atomic E-state index is -0.207. The molecule has 5 nitrogen and oxygen atoms in total. The van der Waals surface area contributed by atoms with Gasteiger partial charge in [-0.25, -0.2) is 0 Å². The fraction of sp³-hybridized carbons (Fsp3) is 1.00. The second kappa shape index (κ2) is 9.06. The highest BCUT2D eigenvalue weighted by Gasteiger charge is 2.16. The maximum absolute atomic E-state index is 8.91. The summed E-state index contributed by atoms with van der Waals surface area (Å²) in [7, 11) is 3.35. The van der Waals surface area contributed by atoms with Crippen molar-refractivity contribution in [3.63, 3.8) is 0 Å². The van der Waals surface area contributed by atoms with E-state index in [1.54, 1.807) is 14.2 Å². The lowest BCUT2D eigenvalue weighted by molar-refractivity contribution is 0.0665. The molecule has 0 amide bonds. The van der Waals surface area contributed by atoms with Crippen LogP contribution in [0.15, 0.2) is 0 Å². The summed E-state index contributed by atoms with van der Waals surface area (Å²) in [5.74, 6) is 0. The van der Waals surface area contributed by atoms with E-state index in [-0.39, 0.29) is 18.7 Å². The molecule has 2 atom stereocenters. The zero-order valence-electron chi connectivity index (χ0n) is 9.98. The third-order valence-corrected chi connectivity index (χ3v) is 2.32. The van der Waals surface area contributed by atoms with Crippen molar-refractivity contribution in [1.82, 2.24) is 4.90 Å². The molecule has 0 aliphatic carbocycles. The molecule has 0 aromatic carbocycles. The van der Waals surface area contributed by atoms with Gasteiger partial charge in [-0.2, -0.15) is 0 Å². The Labute approximate surface area is 92.1 Å². The van der Waals surface area contributed by atoms with Crippen LogP contribution in [0.2, 0.25) is 0 Å². The van der Waals surface area contributed by atoms with E-state index in [4.69, 9.17) is 20.3 Å². The summed E-state index contributed by atoms with van der Waals surface area (Å²) in [5, 5.41) is 8.91. The highest BCUT2D eigenvalue weighted by Crippen LogP contribution is 2.00. The molecule has 0 aromatic heterocycles. The minimum absolute atomic E-state index is 0.00316. The minimum Gasteiger partial charge on any atom is -0.395 e. The average molecular weight is 220 g/mol. The van der Waals surface area contributed by atoms with Gasteiger partial charge in [0.25, 0.3) is 0 Å². The van der Waals surface area contributed by atoms with Crippen molar-refractivity contribution in [2.24, 2.45) is 5.73 Å². The van der Waals surface area contributed by atoms with Gasteiger partial charge in [-0.15, -0.1) is 0 Å². The Morgan fingerprint density at radius 1 is 1.33 bits per heavy atom. The van der Waals surface area contributed by atoms with Crippen LogP contribution in [0.1, 0.15) is 6.92 Å². The molecule has 0 rings (SSSR count). The predicted molar refractivity (Wildman–Crippen MR) is 59.8 cm³/mol. The smallest absolute Gasteiger partial charge is 0.0615 e. The summed E-state index contributed by atoms with van der Waals surface area (Å²) < 4.78 is 10.1. The highest BCUT2D eigenvalue weighted by atomic mass is 16.5. The lowest BCUT2D eigenvalue weighted by Crippen LogP contribution is -2.46. The van der Waals surface area contributed by atoms with Crippen LogP contribution >= 0.6 is 0 Å². The second-order valence-electron chi connectivity index (χ2n) is 3.73. The van der Waals surface area contributed by atoms with Crippen LogP contribution in [-0.2, 0) is 9.47 Å². The maximum Gasteiger partial charge on any atom is 0.0615 e. The molecule has 92 valence electrons. The normalized spacial score (nSPS) is 15.6. The van der Waals surface area contributed by atoms with Crippen molar-refractivity contribution in [3.8, 4) is 0 Å². The van der Waals surface area contributed by atoms with Gasteiger partial charge in [-0.3, -0.25) is 4.90 Å². The van der Waals surface area contributed by atoms with Crippen LogP contribution in [0.4, 0.5) is 0 Å². The zero-order chi connectivity index (χ0) is 11.7. The van der Waals surface area contributed by atoms with Crippen molar-refractivity contribution in [2.45, 2.75) is 19.0 Å². The van der Waals surface area contributed by atoms with E-state index in [1.807, 2.05) is 0 Å². The Hall–Kier alpha value is -0.200. The molecule has 3 N–H and O–H groups in total. The van der Waals surface area contributed by atoms with Gasteiger partial charge in [0.15, 0.2) is 0 Å². The van der Waals surface area contributed by atoms with Crippen LogP contribution < -0.4 is 5.73 Å². The number of hydrogen-bond donors (Lipinski definition) is 2. The average Bonchev–Trinajstić information content (AvgIpc) is 2.24. The van der Waals surface area contributed by atoms with Crippen molar-refractivity contribution in [2.75, 3.05) is 47.1 Å². The van der Waals surface area contributed by atoms with Crippen LogP contribution in [-0.4, -0.2) is 69.2 Å². The van der Waals surface area contributed by atoms with E-state index in [0.717, 1.165) is 6.54 Å². The number of nitrogens with two attached hydrogens (primary N) is 1. The van der Waals surface area contributed by atoms with Crippen LogP contribution in [0.5, 0.6) is 0 Å². The molecule has 2 unspecified atom stereocenters. The number of hydrogen-bond acceptors (Lipinski definition) is 5. The van der Waals surface area contributed by atoms with E-state index in [0.29, 0.717) is 19.8 Å². The summed E-state index contributed by atoms with van der Waals surface area (Å²) in [6.45, 7) is 4.85.